The Labute approximate surface area is 84.4 Å². The third kappa shape index (κ3) is 2.96. The van der Waals surface area contributed by atoms with Gasteiger partial charge in [-0.3, -0.25) is 0 Å². The van der Waals surface area contributed by atoms with Crippen molar-refractivity contribution in [3.63, 3.8) is 0 Å². The zero-order valence-corrected chi connectivity index (χ0v) is 8.70. The van der Waals surface area contributed by atoms with Crippen LogP contribution >= 0.6 is 0 Å². The maximum Gasteiger partial charge on any atom is 0.222 e. The number of nitrogens with one attached hydrogen (secondary N) is 1. The topological polar surface area (TPSA) is 58.0 Å². The average Bonchev–Trinajstić information content (AvgIpc) is 2.20. The summed E-state index contributed by atoms with van der Waals surface area (Å²) in [6, 6.07) is 1.78. The van der Waals surface area contributed by atoms with Crippen LogP contribution in [-0.2, 0) is 0 Å². The van der Waals surface area contributed by atoms with E-state index in [0.717, 1.165) is 6.42 Å². The monoisotopic (exact) mass is 195 g/mol. The van der Waals surface area contributed by atoms with Crippen molar-refractivity contribution >= 4 is 5.95 Å². The molecule has 4 heteroatoms. The van der Waals surface area contributed by atoms with E-state index in [0.29, 0.717) is 12.4 Å². The minimum absolute atomic E-state index is 0.129. The average molecular weight is 195 g/mol. The molecule has 0 aliphatic rings. The van der Waals surface area contributed by atoms with E-state index in [4.69, 9.17) is 5.11 Å². The first-order chi connectivity index (χ1) is 6.70. The Bertz CT molecular complexity index is 265. The van der Waals surface area contributed by atoms with Crippen LogP contribution < -0.4 is 5.32 Å². The third-order valence-corrected chi connectivity index (χ3v) is 2.42. The van der Waals surface area contributed by atoms with Crippen LogP contribution in [0, 0.1) is 0 Å². The lowest BCUT2D eigenvalue weighted by atomic mass is 9.95. The number of anilines is 1. The summed E-state index contributed by atoms with van der Waals surface area (Å²) in [5, 5.41) is 12.2. The lowest BCUT2D eigenvalue weighted by Gasteiger charge is -2.28. The quantitative estimate of drug-likeness (QED) is 0.746. The lowest BCUT2D eigenvalue weighted by Crippen LogP contribution is -2.35. The number of aromatic nitrogens is 2. The van der Waals surface area contributed by atoms with Crippen LogP contribution in [0.5, 0.6) is 0 Å². The largest absolute Gasteiger partial charge is 0.396 e. The van der Waals surface area contributed by atoms with E-state index in [-0.39, 0.29) is 12.1 Å². The molecule has 0 aliphatic heterocycles. The molecule has 0 radical (unpaired) electrons. The molecule has 0 spiro atoms. The molecule has 14 heavy (non-hydrogen) atoms. The Balaban J connectivity index is 2.65. The van der Waals surface area contributed by atoms with Crippen molar-refractivity contribution in [1.82, 2.24) is 9.97 Å². The second kappa shape index (κ2) is 4.91. The molecule has 0 aromatic carbocycles. The van der Waals surface area contributed by atoms with Crippen LogP contribution in [0.15, 0.2) is 18.5 Å². The van der Waals surface area contributed by atoms with E-state index in [2.05, 4.69) is 29.1 Å². The molecule has 1 rings (SSSR count). The van der Waals surface area contributed by atoms with Gasteiger partial charge in [0.2, 0.25) is 5.95 Å². The standard InChI is InChI=1S/C10H17N3O/c1-3-10(2,5-8-14)13-9-11-6-4-7-12-9/h4,6-7,14H,3,5,8H2,1-2H3,(H,11,12,13). The van der Waals surface area contributed by atoms with Gasteiger partial charge in [-0.25, -0.2) is 9.97 Å². The van der Waals surface area contributed by atoms with E-state index >= 15 is 0 Å². The van der Waals surface area contributed by atoms with Gasteiger partial charge < -0.3 is 10.4 Å². The Morgan fingerprint density at radius 1 is 1.43 bits per heavy atom. The first-order valence-electron chi connectivity index (χ1n) is 4.86. The Kier molecular flexibility index (Phi) is 3.83. The fraction of sp³-hybridized carbons (Fsp3) is 0.600. The van der Waals surface area contributed by atoms with E-state index in [1.165, 1.54) is 0 Å². The van der Waals surface area contributed by atoms with E-state index < -0.39 is 0 Å². The summed E-state index contributed by atoms with van der Waals surface area (Å²) in [6.45, 7) is 4.30. The summed E-state index contributed by atoms with van der Waals surface area (Å²) in [5.41, 5.74) is -0.129. The minimum atomic E-state index is -0.129. The van der Waals surface area contributed by atoms with Crippen LogP contribution in [-0.4, -0.2) is 27.2 Å². The predicted octanol–water partition coefficient (Wildman–Crippen LogP) is 1.44. The Morgan fingerprint density at radius 2 is 2.07 bits per heavy atom. The highest BCUT2D eigenvalue weighted by Gasteiger charge is 2.21. The van der Waals surface area contributed by atoms with Gasteiger partial charge in [-0.2, -0.15) is 0 Å². The van der Waals surface area contributed by atoms with Crippen molar-refractivity contribution in [3.05, 3.63) is 18.5 Å². The zero-order chi connectivity index (χ0) is 10.4. The number of hydrogen-bond donors (Lipinski definition) is 2. The highest BCUT2D eigenvalue weighted by atomic mass is 16.3. The van der Waals surface area contributed by atoms with Gasteiger partial charge in [0.15, 0.2) is 0 Å². The van der Waals surface area contributed by atoms with Crippen molar-refractivity contribution < 1.29 is 5.11 Å². The highest BCUT2D eigenvalue weighted by molar-refractivity contribution is 5.27. The van der Waals surface area contributed by atoms with Crippen molar-refractivity contribution in [3.8, 4) is 0 Å². The second-order valence-corrected chi connectivity index (χ2v) is 3.59. The third-order valence-electron chi connectivity index (χ3n) is 2.42. The molecule has 1 heterocycles. The molecule has 0 bridgehead atoms. The molecule has 4 nitrogen and oxygen atoms in total. The van der Waals surface area contributed by atoms with E-state index in [9.17, 15) is 0 Å². The highest BCUT2D eigenvalue weighted by Crippen LogP contribution is 2.18. The fourth-order valence-electron chi connectivity index (χ4n) is 1.21. The predicted molar refractivity (Wildman–Crippen MR) is 56.1 cm³/mol. The second-order valence-electron chi connectivity index (χ2n) is 3.59. The molecular weight excluding hydrogens is 178 g/mol. The minimum Gasteiger partial charge on any atom is -0.396 e. The van der Waals surface area contributed by atoms with Crippen molar-refractivity contribution in [1.29, 1.82) is 0 Å². The SMILES string of the molecule is CCC(C)(CCO)Nc1ncccn1. The van der Waals surface area contributed by atoms with Crippen LogP contribution in [0.3, 0.4) is 0 Å². The molecule has 1 atom stereocenters. The molecule has 1 unspecified atom stereocenters. The maximum atomic E-state index is 8.93. The molecular formula is C10H17N3O. The number of aliphatic hydroxyl groups excluding tert-OH is 1. The first kappa shape index (κ1) is 10.9. The summed E-state index contributed by atoms with van der Waals surface area (Å²) in [5.74, 6) is 0.616. The number of nitrogens with zero attached hydrogens (tertiary/aromatic N) is 2. The van der Waals surface area contributed by atoms with Gasteiger partial charge in [0.05, 0.1) is 0 Å². The molecule has 1 aromatic rings. The Hall–Kier alpha value is -1.16. The van der Waals surface area contributed by atoms with Gasteiger partial charge in [0.25, 0.3) is 0 Å². The molecule has 0 saturated heterocycles. The van der Waals surface area contributed by atoms with Crippen LogP contribution in [0.25, 0.3) is 0 Å². The summed E-state index contributed by atoms with van der Waals surface area (Å²) in [4.78, 5) is 8.18. The molecule has 0 fully saturated rings. The summed E-state index contributed by atoms with van der Waals surface area (Å²) in [7, 11) is 0. The van der Waals surface area contributed by atoms with Crippen molar-refractivity contribution in [2.75, 3.05) is 11.9 Å². The number of aliphatic hydroxyl groups is 1. The van der Waals surface area contributed by atoms with Crippen LogP contribution in [0.4, 0.5) is 5.95 Å². The van der Waals surface area contributed by atoms with Gasteiger partial charge in [0, 0.05) is 24.5 Å². The fourth-order valence-corrected chi connectivity index (χ4v) is 1.21. The van der Waals surface area contributed by atoms with E-state index in [1.54, 1.807) is 18.5 Å². The Morgan fingerprint density at radius 3 is 2.57 bits per heavy atom. The summed E-state index contributed by atoms with van der Waals surface area (Å²) in [6.07, 6.45) is 5.02. The molecule has 0 saturated carbocycles. The summed E-state index contributed by atoms with van der Waals surface area (Å²) >= 11 is 0. The smallest absolute Gasteiger partial charge is 0.222 e. The van der Waals surface area contributed by atoms with Gasteiger partial charge >= 0.3 is 0 Å². The normalized spacial score (nSPS) is 14.8. The first-order valence-corrected chi connectivity index (χ1v) is 4.86. The van der Waals surface area contributed by atoms with E-state index in [1.807, 2.05) is 0 Å². The number of rotatable bonds is 5. The molecule has 78 valence electrons. The van der Waals surface area contributed by atoms with Crippen LogP contribution in [0.2, 0.25) is 0 Å². The molecule has 0 amide bonds. The van der Waals surface area contributed by atoms with Gasteiger partial charge in [-0.05, 0) is 25.8 Å². The van der Waals surface area contributed by atoms with Crippen molar-refractivity contribution in [2.45, 2.75) is 32.2 Å². The molecule has 2 N–H and O–H groups in total. The zero-order valence-electron chi connectivity index (χ0n) is 8.70. The molecule has 0 aliphatic carbocycles. The van der Waals surface area contributed by atoms with Gasteiger partial charge in [-0.15, -0.1) is 0 Å². The van der Waals surface area contributed by atoms with Crippen molar-refractivity contribution in [2.24, 2.45) is 0 Å². The lowest BCUT2D eigenvalue weighted by molar-refractivity contribution is 0.251. The summed E-state index contributed by atoms with van der Waals surface area (Å²) < 4.78 is 0. The van der Waals surface area contributed by atoms with Crippen LogP contribution in [0.1, 0.15) is 26.7 Å². The van der Waals surface area contributed by atoms with Gasteiger partial charge in [-0.1, -0.05) is 6.92 Å². The molecule has 1 aromatic heterocycles. The number of hydrogen-bond acceptors (Lipinski definition) is 4. The van der Waals surface area contributed by atoms with Gasteiger partial charge in [0.1, 0.15) is 0 Å². The maximum absolute atomic E-state index is 8.93.